The molecule has 0 radical (unpaired) electrons. The van der Waals surface area contributed by atoms with Gasteiger partial charge in [0, 0.05) is 44.0 Å². The zero-order chi connectivity index (χ0) is 23.4. The molecule has 1 saturated heterocycles. The van der Waals surface area contributed by atoms with Crippen LogP contribution in [0, 0.1) is 11.3 Å². The Bertz CT molecular complexity index is 1180. The van der Waals surface area contributed by atoms with Crippen LogP contribution in [0.15, 0.2) is 72.8 Å². The maximum absolute atomic E-state index is 12.7. The SMILES string of the molecule is CC(=O)N(C)C1CCN(c2ccc(NC(=O)c3ccc(-c4ccc(C#N)cc4)cc3)cc2)C1. The van der Waals surface area contributed by atoms with Crippen LogP contribution in [0.4, 0.5) is 11.4 Å². The van der Waals surface area contributed by atoms with Crippen LogP contribution in [0.25, 0.3) is 11.1 Å². The maximum Gasteiger partial charge on any atom is 0.255 e. The smallest absolute Gasteiger partial charge is 0.255 e. The molecule has 1 atom stereocenters. The Labute approximate surface area is 194 Å². The Hall–Kier alpha value is -4.11. The Morgan fingerprint density at radius 3 is 2.15 bits per heavy atom. The Morgan fingerprint density at radius 2 is 1.58 bits per heavy atom. The molecule has 6 nitrogen and oxygen atoms in total. The summed E-state index contributed by atoms with van der Waals surface area (Å²) in [5, 5.41) is 11.9. The highest BCUT2D eigenvalue weighted by Gasteiger charge is 2.27. The van der Waals surface area contributed by atoms with Crippen LogP contribution in [-0.2, 0) is 4.79 Å². The molecule has 1 N–H and O–H groups in total. The first-order valence-electron chi connectivity index (χ1n) is 10.9. The van der Waals surface area contributed by atoms with Gasteiger partial charge < -0.3 is 15.1 Å². The lowest BCUT2D eigenvalue weighted by Gasteiger charge is -2.24. The molecule has 1 aliphatic rings. The predicted molar refractivity (Wildman–Crippen MR) is 130 cm³/mol. The standard InChI is InChI=1S/C27H26N4O2/c1-19(32)30(2)26-15-16-31(18-26)25-13-11-24(12-14-25)29-27(33)23-9-7-22(8-10-23)21-5-3-20(17-28)4-6-21/h3-14,26H,15-16,18H2,1-2H3,(H,29,33). The molecule has 3 aromatic carbocycles. The van der Waals surface area contributed by atoms with Crippen LogP contribution in [0.3, 0.4) is 0 Å². The third kappa shape index (κ3) is 5.04. The molecular formula is C27H26N4O2. The zero-order valence-corrected chi connectivity index (χ0v) is 18.8. The largest absolute Gasteiger partial charge is 0.369 e. The lowest BCUT2D eigenvalue weighted by Crippen LogP contribution is -2.37. The average molecular weight is 439 g/mol. The van der Waals surface area contributed by atoms with Gasteiger partial charge in [0.25, 0.3) is 5.91 Å². The fourth-order valence-electron chi connectivity index (χ4n) is 4.06. The van der Waals surface area contributed by atoms with E-state index in [1.54, 1.807) is 36.1 Å². The molecule has 3 aromatic rings. The lowest BCUT2D eigenvalue weighted by atomic mass is 10.0. The monoisotopic (exact) mass is 438 g/mol. The van der Waals surface area contributed by atoms with E-state index in [0.717, 1.165) is 42.0 Å². The van der Waals surface area contributed by atoms with Gasteiger partial charge in [-0.15, -0.1) is 0 Å². The fraction of sp³-hybridized carbons (Fsp3) is 0.222. The molecule has 2 amide bonds. The third-order valence-corrected chi connectivity index (χ3v) is 6.19. The number of likely N-dealkylation sites (N-methyl/N-ethyl adjacent to an activating group) is 1. The number of nitriles is 1. The first kappa shape index (κ1) is 22.1. The van der Waals surface area contributed by atoms with E-state index in [0.29, 0.717) is 11.1 Å². The van der Waals surface area contributed by atoms with Crippen molar-refractivity contribution in [1.29, 1.82) is 5.26 Å². The average Bonchev–Trinajstić information content (AvgIpc) is 3.34. The number of hydrogen-bond donors (Lipinski definition) is 1. The highest BCUT2D eigenvalue weighted by atomic mass is 16.2. The van der Waals surface area contributed by atoms with Crippen molar-refractivity contribution in [1.82, 2.24) is 4.90 Å². The summed E-state index contributed by atoms with van der Waals surface area (Å²) in [6.45, 7) is 3.31. The van der Waals surface area contributed by atoms with Crippen LogP contribution >= 0.6 is 0 Å². The van der Waals surface area contributed by atoms with Crippen molar-refractivity contribution in [3.05, 3.63) is 83.9 Å². The molecule has 1 fully saturated rings. The summed E-state index contributed by atoms with van der Waals surface area (Å²) in [6.07, 6.45) is 0.951. The lowest BCUT2D eigenvalue weighted by molar-refractivity contribution is -0.129. The molecule has 0 aromatic heterocycles. The topological polar surface area (TPSA) is 76.4 Å². The molecular weight excluding hydrogens is 412 g/mol. The van der Waals surface area contributed by atoms with Crippen molar-refractivity contribution in [2.24, 2.45) is 0 Å². The van der Waals surface area contributed by atoms with E-state index in [9.17, 15) is 9.59 Å². The number of nitrogens with one attached hydrogen (secondary N) is 1. The number of carbonyl (C=O) groups is 2. The number of carbonyl (C=O) groups excluding carboxylic acids is 2. The summed E-state index contributed by atoms with van der Waals surface area (Å²) in [5.41, 5.74) is 4.99. The van der Waals surface area contributed by atoms with E-state index in [1.165, 1.54) is 0 Å². The highest BCUT2D eigenvalue weighted by Crippen LogP contribution is 2.25. The molecule has 166 valence electrons. The summed E-state index contributed by atoms with van der Waals surface area (Å²) in [4.78, 5) is 28.4. The van der Waals surface area contributed by atoms with Gasteiger partial charge in [-0.1, -0.05) is 24.3 Å². The van der Waals surface area contributed by atoms with Crippen molar-refractivity contribution in [2.75, 3.05) is 30.4 Å². The minimum atomic E-state index is -0.168. The van der Waals surface area contributed by atoms with E-state index in [4.69, 9.17) is 5.26 Å². The van der Waals surface area contributed by atoms with Gasteiger partial charge in [-0.2, -0.15) is 5.26 Å². The van der Waals surface area contributed by atoms with E-state index >= 15 is 0 Å². The molecule has 1 aliphatic heterocycles. The van der Waals surface area contributed by atoms with E-state index in [-0.39, 0.29) is 17.9 Å². The van der Waals surface area contributed by atoms with Crippen molar-refractivity contribution in [3.8, 4) is 17.2 Å². The van der Waals surface area contributed by atoms with Gasteiger partial charge in [-0.05, 0) is 66.1 Å². The highest BCUT2D eigenvalue weighted by molar-refractivity contribution is 6.04. The van der Waals surface area contributed by atoms with E-state index in [1.807, 2.05) is 55.6 Å². The van der Waals surface area contributed by atoms with Gasteiger partial charge in [0.2, 0.25) is 5.91 Å². The zero-order valence-electron chi connectivity index (χ0n) is 18.8. The normalized spacial score (nSPS) is 15.1. The summed E-state index contributed by atoms with van der Waals surface area (Å²) in [6, 6.07) is 24.9. The second kappa shape index (κ2) is 9.58. The first-order valence-corrected chi connectivity index (χ1v) is 10.9. The quantitative estimate of drug-likeness (QED) is 0.635. The predicted octanol–water partition coefficient (Wildman–Crippen LogP) is 4.53. The molecule has 4 rings (SSSR count). The number of nitrogens with zero attached hydrogens (tertiary/aromatic N) is 3. The molecule has 1 heterocycles. The van der Waals surface area contributed by atoms with E-state index < -0.39 is 0 Å². The van der Waals surface area contributed by atoms with Gasteiger partial charge in [-0.25, -0.2) is 0 Å². The van der Waals surface area contributed by atoms with Crippen molar-refractivity contribution in [2.45, 2.75) is 19.4 Å². The summed E-state index contributed by atoms with van der Waals surface area (Å²) < 4.78 is 0. The van der Waals surface area contributed by atoms with E-state index in [2.05, 4.69) is 16.3 Å². The minimum absolute atomic E-state index is 0.0878. The van der Waals surface area contributed by atoms with Crippen molar-refractivity contribution in [3.63, 3.8) is 0 Å². The second-order valence-corrected chi connectivity index (χ2v) is 8.29. The molecule has 6 heteroatoms. The van der Waals surface area contributed by atoms with Crippen molar-refractivity contribution >= 4 is 23.2 Å². The number of amides is 2. The van der Waals surface area contributed by atoms with Crippen LogP contribution in [0.2, 0.25) is 0 Å². The Morgan fingerprint density at radius 1 is 0.970 bits per heavy atom. The summed E-state index contributed by atoms with van der Waals surface area (Å²) in [5.74, 6) is -0.0803. The minimum Gasteiger partial charge on any atom is -0.369 e. The fourth-order valence-corrected chi connectivity index (χ4v) is 4.06. The van der Waals surface area contributed by atoms with Crippen LogP contribution in [0.5, 0.6) is 0 Å². The molecule has 0 bridgehead atoms. The van der Waals surface area contributed by atoms with Crippen LogP contribution in [-0.4, -0.2) is 42.9 Å². The molecule has 0 saturated carbocycles. The van der Waals surface area contributed by atoms with Gasteiger partial charge >= 0.3 is 0 Å². The molecule has 33 heavy (non-hydrogen) atoms. The van der Waals surface area contributed by atoms with Gasteiger partial charge in [-0.3, -0.25) is 9.59 Å². The maximum atomic E-state index is 12.7. The Kier molecular flexibility index (Phi) is 6.41. The molecule has 0 aliphatic carbocycles. The Balaban J connectivity index is 1.37. The number of anilines is 2. The third-order valence-electron chi connectivity index (χ3n) is 6.19. The molecule has 1 unspecified atom stereocenters. The van der Waals surface area contributed by atoms with Gasteiger partial charge in [0.15, 0.2) is 0 Å². The number of hydrogen-bond acceptors (Lipinski definition) is 4. The number of rotatable bonds is 5. The summed E-state index contributed by atoms with van der Waals surface area (Å²) >= 11 is 0. The second-order valence-electron chi connectivity index (χ2n) is 8.29. The van der Waals surface area contributed by atoms with Crippen LogP contribution in [0.1, 0.15) is 29.3 Å². The van der Waals surface area contributed by atoms with Crippen molar-refractivity contribution < 1.29 is 9.59 Å². The van der Waals surface area contributed by atoms with Gasteiger partial charge in [0.1, 0.15) is 0 Å². The number of benzene rings is 3. The first-order chi connectivity index (χ1) is 15.9. The molecule has 0 spiro atoms. The van der Waals surface area contributed by atoms with Gasteiger partial charge in [0.05, 0.1) is 17.7 Å². The summed E-state index contributed by atoms with van der Waals surface area (Å²) in [7, 11) is 1.85. The van der Waals surface area contributed by atoms with Crippen LogP contribution < -0.4 is 10.2 Å².